The van der Waals surface area contributed by atoms with E-state index in [0.29, 0.717) is 10.7 Å². The quantitative estimate of drug-likeness (QED) is 0.771. The highest BCUT2D eigenvalue weighted by Crippen LogP contribution is 2.42. The Kier molecular flexibility index (Phi) is 4.13. The number of hydrogen-bond donors (Lipinski definition) is 0. The highest BCUT2D eigenvalue weighted by molar-refractivity contribution is 8.00. The molecule has 2 aromatic rings. The number of nitrogens with zero attached hydrogens (tertiary/aromatic N) is 2. The van der Waals surface area contributed by atoms with Crippen molar-refractivity contribution in [3.8, 4) is 11.4 Å². The number of hydrogen-bond acceptors (Lipinski definition) is 2. The molecule has 20 heavy (non-hydrogen) atoms. The minimum atomic E-state index is -4.39. The lowest BCUT2D eigenvalue weighted by atomic mass is 10.1. The number of rotatable bonds is 3. The van der Waals surface area contributed by atoms with Crippen molar-refractivity contribution in [2.24, 2.45) is 7.05 Å². The van der Waals surface area contributed by atoms with Crippen molar-refractivity contribution < 1.29 is 13.2 Å². The first-order valence-electron chi connectivity index (χ1n) is 6.15. The lowest BCUT2D eigenvalue weighted by Crippen LogP contribution is -2.10. The maximum Gasteiger partial charge on any atom is 0.417 e. The number of alkyl halides is 3. The van der Waals surface area contributed by atoms with Gasteiger partial charge in [-0.2, -0.15) is 13.2 Å². The van der Waals surface area contributed by atoms with E-state index in [0.717, 1.165) is 6.07 Å². The molecule has 0 N–H and O–H groups in total. The molecule has 1 aromatic heterocycles. The van der Waals surface area contributed by atoms with Gasteiger partial charge in [0.2, 0.25) is 0 Å². The van der Waals surface area contributed by atoms with E-state index in [4.69, 9.17) is 0 Å². The van der Waals surface area contributed by atoms with E-state index in [-0.39, 0.29) is 10.8 Å². The molecule has 2 nitrogen and oxygen atoms in total. The van der Waals surface area contributed by atoms with Gasteiger partial charge in [-0.05, 0) is 12.1 Å². The Labute approximate surface area is 120 Å². The molecular formula is C14H15F3N2S. The molecule has 2 rings (SSSR count). The zero-order valence-electron chi connectivity index (χ0n) is 11.4. The molecule has 0 saturated carbocycles. The molecule has 0 fully saturated rings. The average molecular weight is 300 g/mol. The Morgan fingerprint density at radius 1 is 1.25 bits per heavy atom. The van der Waals surface area contributed by atoms with Gasteiger partial charge >= 0.3 is 6.18 Å². The van der Waals surface area contributed by atoms with Crippen LogP contribution in [-0.4, -0.2) is 14.8 Å². The number of aromatic nitrogens is 2. The van der Waals surface area contributed by atoms with Gasteiger partial charge in [-0.25, -0.2) is 4.98 Å². The molecule has 0 unspecified atom stereocenters. The summed E-state index contributed by atoms with van der Waals surface area (Å²) in [5.74, 6) is 0.334. The van der Waals surface area contributed by atoms with Crippen molar-refractivity contribution in [1.29, 1.82) is 0 Å². The van der Waals surface area contributed by atoms with E-state index in [1.165, 1.54) is 24.0 Å². The summed E-state index contributed by atoms with van der Waals surface area (Å²) in [5, 5.41) is 0.192. The molecule has 0 atom stereocenters. The van der Waals surface area contributed by atoms with Crippen LogP contribution < -0.4 is 0 Å². The second kappa shape index (κ2) is 5.52. The van der Waals surface area contributed by atoms with Gasteiger partial charge in [-0.3, -0.25) is 0 Å². The predicted molar refractivity (Wildman–Crippen MR) is 74.6 cm³/mol. The second-order valence-electron chi connectivity index (χ2n) is 4.70. The van der Waals surface area contributed by atoms with E-state index >= 15 is 0 Å². The van der Waals surface area contributed by atoms with Crippen LogP contribution in [0.25, 0.3) is 11.4 Å². The predicted octanol–water partition coefficient (Wildman–Crippen LogP) is 4.61. The van der Waals surface area contributed by atoms with Gasteiger partial charge in [-0.15, -0.1) is 11.8 Å². The maximum absolute atomic E-state index is 13.2. The third-order valence-electron chi connectivity index (χ3n) is 2.74. The Bertz CT molecular complexity index is 603. The second-order valence-corrected chi connectivity index (χ2v) is 6.32. The molecule has 1 heterocycles. The summed E-state index contributed by atoms with van der Waals surface area (Å²) in [4.78, 5) is 4.68. The van der Waals surface area contributed by atoms with Crippen molar-refractivity contribution >= 4 is 11.8 Å². The normalized spacial score (nSPS) is 12.2. The molecule has 108 valence electrons. The summed E-state index contributed by atoms with van der Waals surface area (Å²) in [5.41, 5.74) is -0.483. The highest BCUT2D eigenvalue weighted by Gasteiger charge is 2.35. The SMILES string of the molecule is CC(C)Sc1cccc(C(F)(F)F)c1-c1nccn1C. The number of halogens is 3. The number of thioether (sulfide) groups is 1. The molecule has 0 aliphatic carbocycles. The van der Waals surface area contributed by atoms with Crippen LogP contribution >= 0.6 is 11.8 Å². The summed E-state index contributed by atoms with van der Waals surface area (Å²) in [6.07, 6.45) is -1.24. The van der Waals surface area contributed by atoms with Crippen LogP contribution in [0, 0.1) is 0 Å². The molecule has 0 spiro atoms. The van der Waals surface area contributed by atoms with E-state index in [1.54, 1.807) is 23.9 Å². The summed E-state index contributed by atoms with van der Waals surface area (Å²) < 4.78 is 41.3. The van der Waals surface area contributed by atoms with E-state index in [1.807, 2.05) is 13.8 Å². The standard InChI is InChI=1S/C14H15F3N2S/c1-9(2)20-11-6-4-5-10(14(15,16)17)12(11)13-18-7-8-19(13)3/h4-9H,1-3H3. The van der Waals surface area contributed by atoms with Crippen LogP contribution in [0.5, 0.6) is 0 Å². The van der Waals surface area contributed by atoms with Crippen LogP contribution in [0.3, 0.4) is 0 Å². The maximum atomic E-state index is 13.2. The average Bonchev–Trinajstić information content (AvgIpc) is 2.73. The fourth-order valence-corrected chi connectivity index (χ4v) is 2.94. The lowest BCUT2D eigenvalue weighted by Gasteiger charge is -2.17. The molecule has 0 saturated heterocycles. The summed E-state index contributed by atoms with van der Waals surface area (Å²) in [6, 6.07) is 4.26. The van der Waals surface area contributed by atoms with Gasteiger partial charge in [0.1, 0.15) is 5.82 Å². The summed E-state index contributed by atoms with van der Waals surface area (Å²) >= 11 is 1.41. The topological polar surface area (TPSA) is 17.8 Å². The van der Waals surface area contributed by atoms with Crippen LogP contribution in [0.1, 0.15) is 19.4 Å². The van der Waals surface area contributed by atoms with Crippen LogP contribution in [0.4, 0.5) is 13.2 Å². The first kappa shape index (κ1) is 15.0. The van der Waals surface area contributed by atoms with Gasteiger partial charge < -0.3 is 4.57 Å². The Hall–Kier alpha value is -1.43. The molecule has 0 amide bonds. The molecule has 0 aliphatic heterocycles. The Morgan fingerprint density at radius 2 is 1.95 bits per heavy atom. The fourth-order valence-electron chi connectivity index (χ4n) is 1.96. The van der Waals surface area contributed by atoms with E-state index < -0.39 is 11.7 Å². The Balaban J connectivity index is 2.69. The monoisotopic (exact) mass is 300 g/mol. The third-order valence-corrected chi connectivity index (χ3v) is 3.80. The van der Waals surface area contributed by atoms with E-state index in [2.05, 4.69) is 4.98 Å². The minimum absolute atomic E-state index is 0.159. The van der Waals surface area contributed by atoms with Crippen molar-refractivity contribution in [1.82, 2.24) is 9.55 Å². The van der Waals surface area contributed by atoms with Crippen LogP contribution in [0.2, 0.25) is 0 Å². The molecule has 1 aromatic carbocycles. The zero-order valence-corrected chi connectivity index (χ0v) is 12.2. The van der Waals surface area contributed by atoms with Gasteiger partial charge in [0.15, 0.2) is 0 Å². The third kappa shape index (κ3) is 3.00. The molecule has 0 bridgehead atoms. The van der Waals surface area contributed by atoms with Crippen LogP contribution in [0.15, 0.2) is 35.5 Å². The molecule has 0 aliphatic rings. The number of benzene rings is 1. The largest absolute Gasteiger partial charge is 0.417 e. The fraction of sp³-hybridized carbons (Fsp3) is 0.357. The zero-order chi connectivity index (χ0) is 14.9. The molecule has 6 heteroatoms. The molecular weight excluding hydrogens is 285 g/mol. The van der Waals surface area contributed by atoms with Crippen molar-refractivity contribution in [3.05, 3.63) is 36.2 Å². The summed E-state index contributed by atoms with van der Waals surface area (Å²) in [6.45, 7) is 3.90. The van der Waals surface area contributed by atoms with Gasteiger partial charge in [0, 0.05) is 35.2 Å². The first-order chi connectivity index (χ1) is 9.30. The van der Waals surface area contributed by atoms with Crippen molar-refractivity contribution in [3.63, 3.8) is 0 Å². The molecule has 0 radical (unpaired) electrons. The van der Waals surface area contributed by atoms with Gasteiger partial charge in [0.05, 0.1) is 5.56 Å². The summed E-state index contributed by atoms with van der Waals surface area (Å²) in [7, 11) is 1.69. The van der Waals surface area contributed by atoms with E-state index in [9.17, 15) is 13.2 Å². The number of aryl methyl sites for hydroxylation is 1. The Morgan fingerprint density at radius 3 is 2.45 bits per heavy atom. The van der Waals surface area contributed by atoms with Crippen LogP contribution in [-0.2, 0) is 13.2 Å². The smallest absolute Gasteiger partial charge is 0.334 e. The van der Waals surface area contributed by atoms with Gasteiger partial charge in [0.25, 0.3) is 0 Å². The highest BCUT2D eigenvalue weighted by atomic mass is 32.2. The minimum Gasteiger partial charge on any atom is -0.334 e. The van der Waals surface area contributed by atoms with Crippen molar-refractivity contribution in [2.75, 3.05) is 0 Å². The lowest BCUT2D eigenvalue weighted by molar-refractivity contribution is -0.137. The van der Waals surface area contributed by atoms with Crippen molar-refractivity contribution in [2.45, 2.75) is 30.2 Å². The first-order valence-corrected chi connectivity index (χ1v) is 7.03. The number of imidazole rings is 1. The van der Waals surface area contributed by atoms with Gasteiger partial charge in [-0.1, -0.05) is 19.9 Å².